The predicted molar refractivity (Wildman–Crippen MR) is 58.6 cm³/mol. The normalized spacial score (nSPS) is 9.81. The summed E-state index contributed by atoms with van der Waals surface area (Å²) in [7, 11) is 2.94. The largest absolute Gasteiger partial charge is 0.496 e. The number of rotatable bonds is 4. The van der Waals surface area contributed by atoms with Crippen molar-refractivity contribution in [1.29, 1.82) is 5.26 Å². The number of ketones is 1. The summed E-state index contributed by atoms with van der Waals surface area (Å²) in [6.45, 7) is 0. The fourth-order valence-electron chi connectivity index (χ4n) is 1.29. The topological polar surface area (TPSA) is 59.3 Å². The number of carbonyl (C=O) groups excluding carboxylic acids is 1. The molecule has 0 spiro atoms. The lowest BCUT2D eigenvalue weighted by Gasteiger charge is -2.09. The van der Waals surface area contributed by atoms with E-state index < -0.39 is 0 Å². The van der Waals surface area contributed by atoms with Crippen LogP contribution in [0.1, 0.15) is 10.4 Å². The monoisotopic (exact) mass is 217 g/mol. The van der Waals surface area contributed by atoms with Gasteiger partial charge in [-0.25, -0.2) is 0 Å². The molecule has 0 aliphatic rings. The first-order chi connectivity index (χ1) is 7.74. The number of nitriles is 1. The van der Waals surface area contributed by atoms with Crippen LogP contribution in [0.25, 0.3) is 0 Å². The first-order valence-corrected chi connectivity index (χ1v) is 4.56. The molecule has 1 aromatic carbocycles. The van der Waals surface area contributed by atoms with Crippen molar-refractivity contribution in [1.82, 2.24) is 0 Å². The minimum atomic E-state index is -0.323. The molecule has 0 saturated heterocycles. The molecule has 4 nitrogen and oxygen atoms in total. The molecular formula is C12H11NO3. The predicted octanol–water partition coefficient (Wildman–Crippen LogP) is 1.97. The van der Waals surface area contributed by atoms with Crippen molar-refractivity contribution in [3.63, 3.8) is 0 Å². The zero-order chi connectivity index (χ0) is 12.0. The molecule has 1 aromatic rings. The quantitative estimate of drug-likeness (QED) is 0.439. The van der Waals surface area contributed by atoms with Gasteiger partial charge >= 0.3 is 0 Å². The van der Waals surface area contributed by atoms with E-state index in [0.717, 1.165) is 6.08 Å². The van der Waals surface area contributed by atoms with Crippen LogP contribution in [0.5, 0.6) is 11.5 Å². The third kappa shape index (κ3) is 2.39. The Kier molecular flexibility index (Phi) is 4.10. The summed E-state index contributed by atoms with van der Waals surface area (Å²) in [4.78, 5) is 11.8. The number of allylic oxidation sites excluding steroid dienone is 2. The summed E-state index contributed by atoms with van der Waals surface area (Å²) < 4.78 is 10.1. The molecule has 0 radical (unpaired) electrons. The number of carbonyl (C=O) groups is 1. The minimum absolute atomic E-state index is 0.319. The van der Waals surface area contributed by atoms with Crippen molar-refractivity contribution in [2.45, 2.75) is 0 Å². The number of ether oxygens (including phenoxy) is 2. The first kappa shape index (κ1) is 11.8. The lowest BCUT2D eigenvalue weighted by molar-refractivity contribution is 0.104. The molecule has 0 N–H and O–H groups in total. The SMILES string of the molecule is COc1cccc(OC)c1C(=O)C=CC#N. The van der Waals surface area contributed by atoms with Gasteiger partial charge in [0, 0.05) is 6.08 Å². The number of benzene rings is 1. The van der Waals surface area contributed by atoms with Crippen LogP contribution in [0.4, 0.5) is 0 Å². The smallest absolute Gasteiger partial charge is 0.194 e. The zero-order valence-corrected chi connectivity index (χ0v) is 9.06. The van der Waals surface area contributed by atoms with Gasteiger partial charge in [0.25, 0.3) is 0 Å². The Morgan fingerprint density at radius 2 is 1.88 bits per heavy atom. The number of hydrogen-bond donors (Lipinski definition) is 0. The lowest BCUT2D eigenvalue weighted by atomic mass is 10.1. The molecule has 0 bridgehead atoms. The molecule has 0 aromatic heterocycles. The highest BCUT2D eigenvalue weighted by atomic mass is 16.5. The first-order valence-electron chi connectivity index (χ1n) is 4.56. The third-order valence-corrected chi connectivity index (χ3v) is 1.98. The van der Waals surface area contributed by atoms with Crippen LogP contribution in [-0.4, -0.2) is 20.0 Å². The van der Waals surface area contributed by atoms with E-state index in [1.807, 2.05) is 0 Å². The molecule has 0 fully saturated rings. The molecule has 0 unspecified atom stereocenters. The van der Waals surface area contributed by atoms with E-state index in [2.05, 4.69) is 0 Å². The van der Waals surface area contributed by atoms with Crippen molar-refractivity contribution >= 4 is 5.78 Å². The Morgan fingerprint density at radius 3 is 2.31 bits per heavy atom. The van der Waals surface area contributed by atoms with Crippen molar-refractivity contribution in [2.75, 3.05) is 14.2 Å². The highest BCUT2D eigenvalue weighted by Gasteiger charge is 2.15. The van der Waals surface area contributed by atoms with Crippen LogP contribution in [0.15, 0.2) is 30.4 Å². The molecule has 16 heavy (non-hydrogen) atoms. The van der Waals surface area contributed by atoms with Gasteiger partial charge in [0.05, 0.1) is 20.3 Å². The summed E-state index contributed by atoms with van der Waals surface area (Å²) >= 11 is 0. The molecule has 0 heterocycles. The van der Waals surface area contributed by atoms with Gasteiger partial charge < -0.3 is 9.47 Å². The van der Waals surface area contributed by atoms with Crippen LogP contribution in [0.2, 0.25) is 0 Å². The van der Waals surface area contributed by atoms with Gasteiger partial charge in [-0.15, -0.1) is 0 Å². The van der Waals surface area contributed by atoms with Gasteiger partial charge in [0.1, 0.15) is 17.1 Å². The lowest BCUT2D eigenvalue weighted by Crippen LogP contribution is -2.02. The van der Waals surface area contributed by atoms with Gasteiger partial charge in [-0.1, -0.05) is 6.07 Å². The standard InChI is InChI=1S/C12H11NO3/c1-15-10-6-3-7-11(16-2)12(10)9(14)5-4-8-13/h3-7H,1-2H3. The number of methoxy groups -OCH3 is 2. The number of nitrogens with zero attached hydrogens (tertiary/aromatic N) is 1. The van der Waals surface area contributed by atoms with Crippen molar-refractivity contribution in [3.05, 3.63) is 35.9 Å². The van der Waals surface area contributed by atoms with Crippen molar-refractivity contribution in [2.24, 2.45) is 0 Å². The van der Waals surface area contributed by atoms with Crippen molar-refractivity contribution < 1.29 is 14.3 Å². The molecule has 0 amide bonds. The fourth-order valence-corrected chi connectivity index (χ4v) is 1.29. The average Bonchev–Trinajstić information content (AvgIpc) is 2.34. The Bertz CT molecular complexity index is 436. The van der Waals surface area contributed by atoms with Gasteiger partial charge in [-0.2, -0.15) is 5.26 Å². The van der Waals surface area contributed by atoms with Crippen LogP contribution < -0.4 is 9.47 Å². The second-order valence-electron chi connectivity index (χ2n) is 2.86. The van der Waals surface area contributed by atoms with E-state index in [1.54, 1.807) is 24.3 Å². The van der Waals surface area contributed by atoms with E-state index in [1.165, 1.54) is 20.3 Å². The summed E-state index contributed by atoms with van der Waals surface area (Å²) in [5, 5.41) is 8.36. The third-order valence-electron chi connectivity index (χ3n) is 1.98. The molecule has 4 heteroatoms. The van der Waals surface area contributed by atoms with Crippen LogP contribution in [0, 0.1) is 11.3 Å². The molecule has 1 rings (SSSR count). The summed E-state index contributed by atoms with van der Waals surface area (Å²) in [6, 6.07) is 6.81. The highest BCUT2D eigenvalue weighted by molar-refractivity contribution is 6.08. The fraction of sp³-hybridized carbons (Fsp3) is 0.167. The van der Waals surface area contributed by atoms with E-state index in [4.69, 9.17) is 14.7 Å². The van der Waals surface area contributed by atoms with Gasteiger partial charge in [0.2, 0.25) is 0 Å². The minimum Gasteiger partial charge on any atom is -0.496 e. The molecule has 0 aliphatic carbocycles. The maximum absolute atomic E-state index is 11.8. The van der Waals surface area contributed by atoms with Gasteiger partial charge in [-0.3, -0.25) is 4.79 Å². The van der Waals surface area contributed by atoms with Crippen molar-refractivity contribution in [3.8, 4) is 17.6 Å². The van der Waals surface area contributed by atoms with E-state index >= 15 is 0 Å². The highest BCUT2D eigenvalue weighted by Crippen LogP contribution is 2.28. The molecule has 0 saturated carbocycles. The van der Waals surface area contributed by atoms with E-state index in [9.17, 15) is 4.79 Å². The maximum Gasteiger partial charge on any atom is 0.194 e. The summed E-state index contributed by atoms with van der Waals surface area (Å²) in [5.41, 5.74) is 0.319. The molecular weight excluding hydrogens is 206 g/mol. The van der Waals surface area contributed by atoms with Crippen LogP contribution >= 0.6 is 0 Å². The Hall–Kier alpha value is -2.28. The maximum atomic E-state index is 11.8. The second kappa shape index (κ2) is 5.56. The van der Waals surface area contributed by atoms with E-state index in [0.29, 0.717) is 17.1 Å². The summed E-state index contributed by atoms with van der Waals surface area (Å²) in [5.74, 6) is 0.523. The Morgan fingerprint density at radius 1 is 1.31 bits per heavy atom. The van der Waals surface area contributed by atoms with E-state index in [-0.39, 0.29) is 5.78 Å². The average molecular weight is 217 g/mol. The van der Waals surface area contributed by atoms with Gasteiger partial charge in [0.15, 0.2) is 5.78 Å². The molecule has 82 valence electrons. The Balaban J connectivity index is 3.24. The Labute approximate surface area is 93.7 Å². The molecule has 0 aliphatic heterocycles. The number of hydrogen-bond acceptors (Lipinski definition) is 4. The molecule has 0 atom stereocenters. The second-order valence-corrected chi connectivity index (χ2v) is 2.86. The summed E-state index contributed by atoms with van der Waals surface area (Å²) in [6.07, 6.45) is 2.30. The van der Waals surface area contributed by atoms with Crippen LogP contribution in [-0.2, 0) is 0 Å². The van der Waals surface area contributed by atoms with Gasteiger partial charge in [-0.05, 0) is 18.2 Å². The van der Waals surface area contributed by atoms with Crippen LogP contribution in [0.3, 0.4) is 0 Å². The zero-order valence-electron chi connectivity index (χ0n) is 9.06.